The Kier molecular flexibility index (Phi) is 3.88. The normalized spacial score (nSPS) is 15.1. The van der Waals surface area contributed by atoms with Crippen molar-refractivity contribution in [2.24, 2.45) is 0 Å². The maximum Gasteiger partial charge on any atom is 0.255 e. The van der Waals surface area contributed by atoms with Gasteiger partial charge >= 0.3 is 0 Å². The van der Waals surface area contributed by atoms with Crippen LogP contribution in [0.5, 0.6) is 5.88 Å². The minimum absolute atomic E-state index is 0.0755. The maximum absolute atomic E-state index is 13.4. The van der Waals surface area contributed by atoms with Crippen molar-refractivity contribution in [2.75, 3.05) is 31.6 Å². The molecule has 2 heterocycles. The molecule has 0 bridgehead atoms. The molecule has 0 spiro atoms. The number of hydrogen-bond donors (Lipinski definition) is 2. The molecule has 1 fully saturated rings. The van der Waals surface area contributed by atoms with Crippen LogP contribution in [0.15, 0.2) is 6.20 Å². The van der Waals surface area contributed by atoms with Gasteiger partial charge in [-0.3, -0.25) is 4.79 Å². The smallest absolute Gasteiger partial charge is 0.255 e. The quantitative estimate of drug-likeness (QED) is 0.650. The third-order valence-electron chi connectivity index (χ3n) is 2.41. The Hall–Kier alpha value is -1.96. The van der Waals surface area contributed by atoms with Crippen molar-refractivity contribution in [3.8, 4) is 5.88 Å². The van der Waals surface area contributed by atoms with Gasteiger partial charge in [0.15, 0.2) is 0 Å². The molecule has 8 heteroatoms. The highest BCUT2D eigenvalue weighted by molar-refractivity contribution is 5.49. The number of anilines is 1. The van der Waals surface area contributed by atoms with E-state index in [0.29, 0.717) is 19.5 Å². The average Bonchev–Trinajstić information content (AvgIpc) is 2.33. The number of aliphatic hydroxyl groups excluding tert-OH is 1. The van der Waals surface area contributed by atoms with Crippen molar-refractivity contribution in [1.29, 1.82) is 0 Å². The van der Waals surface area contributed by atoms with Gasteiger partial charge in [-0.2, -0.15) is 9.37 Å². The van der Waals surface area contributed by atoms with Crippen molar-refractivity contribution in [2.45, 2.75) is 6.10 Å². The molecule has 0 radical (unpaired) electrons. The molecular formula is C10H13FN4O3. The van der Waals surface area contributed by atoms with Crippen LogP contribution >= 0.6 is 0 Å². The number of carbonyl (C=O) groups is 1. The Morgan fingerprint density at radius 1 is 1.67 bits per heavy atom. The largest absolute Gasteiger partial charge is 0.468 e. The Bertz CT molecular complexity index is 426. The molecule has 0 saturated carbocycles. The van der Waals surface area contributed by atoms with Crippen molar-refractivity contribution in [3.63, 3.8) is 0 Å². The van der Waals surface area contributed by atoms with E-state index in [1.165, 1.54) is 4.90 Å². The molecule has 0 atom stereocenters. The highest BCUT2D eigenvalue weighted by atomic mass is 19.1. The van der Waals surface area contributed by atoms with Gasteiger partial charge in [0.1, 0.15) is 6.10 Å². The Morgan fingerprint density at radius 3 is 3.11 bits per heavy atom. The monoisotopic (exact) mass is 256 g/mol. The second-order valence-corrected chi connectivity index (χ2v) is 3.80. The third kappa shape index (κ3) is 2.83. The minimum Gasteiger partial charge on any atom is -0.468 e. The molecule has 0 aromatic carbocycles. The number of halogens is 1. The van der Waals surface area contributed by atoms with Gasteiger partial charge in [0.05, 0.1) is 25.9 Å². The van der Waals surface area contributed by atoms with Crippen LogP contribution < -0.4 is 10.1 Å². The van der Waals surface area contributed by atoms with Crippen LogP contribution in [0.2, 0.25) is 0 Å². The fourth-order valence-electron chi connectivity index (χ4n) is 1.48. The summed E-state index contributed by atoms with van der Waals surface area (Å²) in [6, 6.07) is 0. The lowest BCUT2D eigenvalue weighted by atomic mass is 10.2. The zero-order valence-electron chi connectivity index (χ0n) is 9.54. The van der Waals surface area contributed by atoms with Crippen LogP contribution in [0.4, 0.5) is 10.3 Å². The van der Waals surface area contributed by atoms with Gasteiger partial charge in [-0.15, -0.1) is 0 Å². The second-order valence-electron chi connectivity index (χ2n) is 3.80. The Labute approximate surface area is 103 Å². The van der Waals surface area contributed by atoms with Crippen molar-refractivity contribution in [1.82, 2.24) is 14.9 Å². The molecule has 98 valence electrons. The summed E-state index contributed by atoms with van der Waals surface area (Å²) in [6.45, 7) is 1.04. The summed E-state index contributed by atoms with van der Waals surface area (Å²) in [4.78, 5) is 19.4. The predicted molar refractivity (Wildman–Crippen MR) is 59.6 cm³/mol. The Morgan fingerprint density at radius 2 is 2.44 bits per heavy atom. The predicted octanol–water partition coefficient (Wildman–Crippen LogP) is -0.761. The standard InChI is InChI=1S/C10H13FN4O3/c11-8-3-13-10(12-1-2-16)14-9(8)18-7-4-15(5-7)6-17/h3,6-7,16H,1-2,4-5H2,(H,12,13,14). The topological polar surface area (TPSA) is 87.6 Å². The van der Waals surface area contributed by atoms with E-state index in [4.69, 9.17) is 9.84 Å². The number of likely N-dealkylation sites (tertiary alicyclic amines) is 1. The number of aromatic nitrogens is 2. The molecule has 1 saturated heterocycles. The van der Waals surface area contributed by atoms with Crippen molar-refractivity contribution in [3.05, 3.63) is 12.0 Å². The summed E-state index contributed by atoms with van der Waals surface area (Å²) in [5.41, 5.74) is 0. The summed E-state index contributed by atoms with van der Waals surface area (Å²) in [7, 11) is 0. The molecule has 0 unspecified atom stereocenters. The first-order valence-corrected chi connectivity index (χ1v) is 5.46. The van der Waals surface area contributed by atoms with E-state index in [1.807, 2.05) is 0 Å². The molecule has 1 aliphatic heterocycles. The first-order chi connectivity index (χ1) is 8.72. The summed E-state index contributed by atoms with van der Waals surface area (Å²) in [6.07, 6.45) is 1.47. The second kappa shape index (κ2) is 5.58. The molecule has 0 aliphatic carbocycles. The molecular weight excluding hydrogens is 243 g/mol. The first kappa shape index (κ1) is 12.5. The SMILES string of the molecule is O=CN1CC(Oc2nc(NCCO)ncc2F)C1. The molecule has 18 heavy (non-hydrogen) atoms. The van der Waals surface area contributed by atoms with E-state index in [-0.39, 0.29) is 31.1 Å². The molecule has 1 amide bonds. The Balaban J connectivity index is 1.96. The summed E-state index contributed by atoms with van der Waals surface area (Å²) < 4.78 is 18.7. The number of carbonyl (C=O) groups excluding carboxylic acids is 1. The zero-order valence-corrected chi connectivity index (χ0v) is 9.54. The zero-order chi connectivity index (χ0) is 13.0. The average molecular weight is 256 g/mol. The van der Waals surface area contributed by atoms with E-state index in [1.54, 1.807) is 0 Å². The highest BCUT2D eigenvalue weighted by Gasteiger charge is 2.28. The van der Waals surface area contributed by atoms with Crippen LogP contribution in [-0.4, -0.2) is 58.7 Å². The minimum atomic E-state index is -0.658. The van der Waals surface area contributed by atoms with Crippen LogP contribution in [-0.2, 0) is 4.79 Å². The third-order valence-corrected chi connectivity index (χ3v) is 2.41. The number of hydrogen-bond acceptors (Lipinski definition) is 6. The van der Waals surface area contributed by atoms with Crippen molar-refractivity contribution < 1.29 is 19.0 Å². The lowest BCUT2D eigenvalue weighted by Gasteiger charge is -2.35. The number of rotatable bonds is 6. The van der Waals surface area contributed by atoms with Crippen LogP contribution in [0.1, 0.15) is 0 Å². The first-order valence-electron chi connectivity index (χ1n) is 5.46. The maximum atomic E-state index is 13.4. The number of ether oxygens (including phenoxy) is 1. The van der Waals surface area contributed by atoms with Crippen LogP contribution in [0.25, 0.3) is 0 Å². The molecule has 1 aliphatic rings. The molecule has 1 aromatic heterocycles. The van der Waals surface area contributed by atoms with Crippen molar-refractivity contribution >= 4 is 12.4 Å². The van der Waals surface area contributed by atoms with E-state index in [9.17, 15) is 9.18 Å². The van der Waals surface area contributed by atoms with Gasteiger partial charge in [0.25, 0.3) is 5.88 Å². The van der Waals surface area contributed by atoms with E-state index >= 15 is 0 Å². The summed E-state index contributed by atoms with van der Waals surface area (Å²) >= 11 is 0. The van der Waals surface area contributed by atoms with Crippen LogP contribution in [0, 0.1) is 5.82 Å². The molecule has 7 nitrogen and oxygen atoms in total. The van der Waals surface area contributed by atoms with Gasteiger partial charge in [-0.05, 0) is 0 Å². The van der Waals surface area contributed by atoms with Gasteiger partial charge in [-0.25, -0.2) is 4.98 Å². The summed E-state index contributed by atoms with van der Waals surface area (Å²) in [5.74, 6) is -0.623. The molecule has 2 N–H and O–H groups in total. The number of amides is 1. The van der Waals surface area contributed by atoms with E-state index < -0.39 is 5.82 Å². The van der Waals surface area contributed by atoms with Gasteiger partial charge in [0, 0.05) is 6.54 Å². The van der Waals surface area contributed by atoms with Gasteiger partial charge in [-0.1, -0.05) is 0 Å². The molecule has 1 aromatic rings. The number of aliphatic hydroxyl groups is 1. The highest BCUT2D eigenvalue weighted by Crippen LogP contribution is 2.19. The lowest BCUT2D eigenvalue weighted by molar-refractivity contribution is -0.126. The van der Waals surface area contributed by atoms with Crippen LogP contribution in [0.3, 0.4) is 0 Å². The van der Waals surface area contributed by atoms with E-state index in [0.717, 1.165) is 6.20 Å². The summed E-state index contributed by atoms with van der Waals surface area (Å²) in [5, 5.41) is 11.3. The number of nitrogens with zero attached hydrogens (tertiary/aromatic N) is 3. The fourth-order valence-corrected chi connectivity index (χ4v) is 1.48. The van der Waals surface area contributed by atoms with E-state index in [2.05, 4.69) is 15.3 Å². The number of nitrogens with one attached hydrogen (secondary N) is 1. The fraction of sp³-hybridized carbons (Fsp3) is 0.500. The van der Waals surface area contributed by atoms with Gasteiger partial charge in [0.2, 0.25) is 18.2 Å². The molecule has 2 rings (SSSR count). The van der Waals surface area contributed by atoms with Gasteiger partial charge < -0.3 is 20.1 Å². The lowest BCUT2D eigenvalue weighted by Crippen LogP contribution is -2.53.